The zero-order valence-corrected chi connectivity index (χ0v) is 25.9. The fraction of sp³-hybridized carbons (Fsp3) is 0.342. The van der Waals surface area contributed by atoms with Gasteiger partial charge in [0.2, 0.25) is 0 Å². The van der Waals surface area contributed by atoms with Gasteiger partial charge in [-0.3, -0.25) is 14.6 Å². The number of thiophene rings is 1. The van der Waals surface area contributed by atoms with Crippen molar-refractivity contribution >= 4 is 28.8 Å². The van der Waals surface area contributed by atoms with Gasteiger partial charge in [-0.05, 0) is 91.8 Å². The maximum atomic E-state index is 13.3. The van der Waals surface area contributed by atoms with Crippen LogP contribution in [0.15, 0.2) is 89.9 Å². The highest BCUT2D eigenvalue weighted by molar-refractivity contribution is 7.11. The molecular formula is C38H38N2O3S. The van der Waals surface area contributed by atoms with Gasteiger partial charge in [-0.25, -0.2) is 0 Å². The number of Topliss-reactive ketones (excluding diaryl/α,β-unsaturated/α-hetero) is 1. The van der Waals surface area contributed by atoms with Crippen LogP contribution in [-0.2, 0) is 35.4 Å². The van der Waals surface area contributed by atoms with Crippen LogP contribution in [0.3, 0.4) is 0 Å². The van der Waals surface area contributed by atoms with Crippen LogP contribution in [0.1, 0.15) is 63.3 Å². The summed E-state index contributed by atoms with van der Waals surface area (Å²) in [6.45, 7) is 3.10. The molecule has 3 aliphatic rings. The Labute approximate surface area is 263 Å². The fourth-order valence-electron chi connectivity index (χ4n) is 7.38. The summed E-state index contributed by atoms with van der Waals surface area (Å²) in [5.74, 6) is 1.54. The second kappa shape index (κ2) is 12.6. The van der Waals surface area contributed by atoms with E-state index in [0.29, 0.717) is 36.5 Å². The van der Waals surface area contributed by atoms with Crippen molar-refractivity contribution in [1.82, 2.24) is 5.32 Å². The van der Waals surface area contributed by atoms with Gasteiger partial charge in [0.05, 0.1) is 5.71 Å². The van der Waals surface area contributed by atoms with Gasteiger partial charge >= 0.3 is 5.97 Å². The van der Waals surface area contributed by atoms with E-state index in [1.54, 1.807) is 0 Å². The van der Waals surface area contributed by atoms with Crippen molar-refractivity contribution in [3.63, 3.8) is 0 Å². The van der Waals surface area contributed by atoms with E-state index in [0.717, 1.165) is 41.8 Å². The summed E-state index contributed by atoms with van der Waals surface area (Å²) in [5.41, 5.74) is 6.42. The van der Waals surface area contributed by atoms with E-state index in [2.05, 4.69) is 36.5 Å². The Hall–Kier alpha value is -3.87. The number of nitrogens with zero attached hydrogens (tertiary/aromatic N) is 1. The first kappa shape index (κ1) is 28.9. The lowest BCUT2D eigenvalue weighted by molar-refractivity contribution is -0.134. The number of benzene rings is 3. The molecule has 4 atom stereocenters. The number of hydrogen-bond donors (Lipinski definition) is 1. The van der Waals surface area contributed by atoms with Gasteiger partial charge in [0, 0.05) is 46.3 Å². The fourth-order valence-corrected chi connectivity index (χ4v) is 8.22. The summed E-state index contributed by atoms with van der Waals surface area (Å²) in [5, 5.41) is 3.90. The summed E-state index contributed by atoms with van der Waals surface area (Å²) in [7, 11) is 0. The average Bonchev–Trinajstić information content (AvgIpc) is 3.53. The number of carbonyl (C=O) groups is 2. The van der Waals surface area contributed by atoms with Gasteiger partial charge in [-0.15, -0.1) is 11.3 Å². The zero-order chi connectivity index (χ0) is 30.0. The highest BCUT2D eigenvalue weighted by Gasteiger charge is 2.39. The summed E-state index contributed by atoms with van der Waals surface area (Å²) >= 11 is 1.87. The molecule has 1 unspecified atom stereocenters. The monoisotopic (exact) mass is 602 g/mol. The van der Waals surface area contributed by atoms with E-state index in [9.17, 15) is 9.59 Å². The van der Waals surface area contributed by atoms with Crippen molar-refractivity contribution in [3.8, 4) is 5.75 Å². The van der Waals surface area contributed by atoms with Crippen molar-refractivity contribution < 1.29 is 14.3 Å². The molecule has 1 aliphatic heterocycles. The molecule has 1 N–H and O–H groups in total. The largest absolute Gasteiger partial charge is 0.427 e. The van der Waals surface area contributed by atoms with Gasteiger partial charge in [0.1, 0.15) is 11.8 Å². The second-order valence-corrected chi connectivity index (χ2v) is 13.9. The summed E-state index contributed by atoms with van der Waals surface area (Å²) < 4.78 is 5.85. The molecule has 2 aliphatic carbocycles. The molecule has 7 rings (SSSR count). The maximum Gasteiger partial charge on any atom is 0.311 e. The van der Waals surface area contributed by atoms with Crippen LogP contribution in [0.4, 0.5) is 0 Å². The molecule has 6 heteroatoms. The van der Waals surface area contributed by atoms with E-state index < -0.39 is 6.04 Å². The summed E-state index contributed by atoms with van der Waals surface area (Å²) in [4.78, 5) is 34.0. The smallest absolute Gasteiger partial charge is 0.311 e. The number of rotatable bonds is 8. The van der Waals surface area contributed by atoms with Crippen LogP contribution < -0.4 is 10.1 Å². The van der Waals surface area contributed by atoms with Crippen LogP contribution in [0.2, 0.25) is 0 Å². The van der Waals surface area contributed by atoms with Crippen molar-refractivity contribution in [2.45, 2.75) is 70.5 Å². The Morgan fingerprint density at radius 1 is 0.909 bits per heavy atom. The Morgan fingerprint density at radius 2 is 1.68 bits per heavy atom. The lowest BCUT2D eigenvalue weighted by Crippen LogP contribution is -2.37. The molecule has 0 spiro atoms. The quantitative estimate of drug-likeness (QED) is 0.173. The van der Waals surface area contributed by atoms with Crippen LogP contribution in [-0.4, -0.2) is 29.5 Å². The normalized spacial score (nSPS) is 22.4. The number of ketones is 1. The van der Waals surface area contributed by atoms with Crippen molar-refractivity contribution in [3.05, 3.63) is 123 Å². The molecule has 2 bridgehead atoms. The number of ether oxygens (including phenoxy) is 1. The third-order valence-electron chi connectivity index (χ3n) is 9.57. The lowest BCUT2D eigenvalue weighted by atomic mass is 9.93. The van der Waals surface area contributed by atoms with Crippen molar-refractivity contribution in [2.75, 3.05) is 0 Å². The molecule has 0 amide bonds. The molecule has 224 valence electrons. The second-order valence-electron chi connectivity index (χ2n) is 12.5. The van der Waals surface area contributed by atoms with Gasteiger partial charge in [0.25, 0.3) is 0 Å². The standard InChI is InChI=1S/C38H38N2O3S/c1-24-11-16-32(44-24)23-39-37-28-12-13-29(37)20-30-21-31(15-14-26(30)19-28)43-36(42)18-17-34-35(41)22-27-9-5-6-10-33(27)38(40-34)25-7-3-2-4-8-25/h2-11,14-16,21,28-29,34,37,39H,12-13,17-20,22-23H2,1H3/t28?,29-,34+,37+/m0/s1. The third-order valence-corrected chi connectivity index (χ3v) is 10.6. The first-order valence-corrected chi connectivity index (χ1v) is 16.7. The molecule has 2 heterocycles. The van der Waals surface area contributed by atoms with Crippen LogP contribution in [0, 0.1) is 18.8 Å². The van der Waals surface area contributed by atoms with E-state index >= 15 is 0 Å². The lowest BCUT2D eigenvalue weighted by Gasteiger charge is -2.23. The van der Waals surface area contributed by atoms with Crippen molar-refractivity contribution in [2.24, 2.45) is 16.8 Å². The minimum Gasteiger partial charge on any atom is -0.427 e. The van der Waals surface area contributed by atoms with Crippen molar-refractivity contribution in [1.29, 1.82) is 0 Å². The number of aliphatic imine (C=N–C) groups is 1. The molecule has 5 nitrogen and oxygen atoms in total. The number of nitrogens with one attached hydrogen (secondary N) is 1. The molecular weight excluding hydrogens is 564 g/mol. The minimum atomic E-state index is -0.588. The molecule has 4 aromatic rings. The van der Waals surface area contributed by atoms with E-state index in [1.807, 2.05) is 72.0 Å². The van der Waals surface area contributed by atoms with Crippen LogP contribution in [0.25, 0.3) is 0 Å². The number of hydrogen-bond acceptors (Lipinski definition) is 6. The van der Waals surface area contributed by atoms with Gasteiger partial charge in [-0.2, -0.15) is 0 Å². The molecule has 1 aromatic heterocycles. The third kappa shape index (κ3) is 6.19. The van der Waals surface area contributed by atoms with Gasteiger partial charge in [-0.1, -0.05) is 60.7 Å². The first-order valence-electron chi connectivity index (χ1n) is 15.9. The molecule has 1 saturated carbocycles. The predicted molar refractivity (Wildman–Crippen MR) is 176 cm³/mol. The number of carbonyl (C=O) groups excluding carboxylic acids is 2. The average molecular weight is 603 g/mol. The highest BCUT2D eigenvalue weighted by atomic mass is 32.1. The van der Waals surface area contributed by atoms with E-state index in [4.69, 9.17) is 9.73 Å². The molecule has 44 heavy (non-hydrogen) atoms. The Morgan fingerprint density at radius 3 is 2.48 bits per heavy atom. The topological polar surface area (TPSA) is 67.8 Å². The Kier molecular flexibility index (Phi) is 8.28. The number of esters is 1. The molecule has 1 fully saturated rings. The zero-order valence-electron chi connectivity index (χ0n) is 25.1. The van der Waals surface area contributed by atoms with E-state index in [-0.39, 0.29) is 18.2 Å². The maximum absolute atomic E-state index is 13.3. The Balaban J connectivity index is 1.01. The minimum absolute atomic E-state index is 0.0358. The SMILES string of the molecule is Cc1ccc(CN[C@@H]2C3CC[C@H]2Cc2cc(OC(=O)CC[C@H]4N=C(c5ccccc5)c5ccccc5CC4=O)ccc2C3)s1. The number of fused-ring (bicyclic) bond motifs is 4. The highest BCUT2D eigenvalue weighted by Crippen LogP contribution is 2.41. The van der Waals surface area contributed by atoms with E-state index in [1.165, 1.54) is 33.7 Å². The van der Waals surface area contributed by atoms with Crippen LogP contribution >= 0.6 is 11.3 Å². The molecule has 0 radical (unpaired) electrons. The summed E-state index contributed by atoms with van der Waals surface area (Å²) in [6, 6.07) is 28.5. The first-order chi connectivity index (χ1) is 21.5. The number of aryl methyl sites for hydroxylation is 1. The Bertz CT molecular complexity index is 1710. The van der Waals surface area contributed by atoms with Gasteiger partial charge < -0.3 is 10.1 Å². The molecule has 3 aromatic carbocycles. The van der Waals surface area contributed by atoms with Crippen LogP contribution in [0.5, 0.6) is 5.75 Å². The predicted octanol–water partition coefficient (Wildman–Crippen LogP) is 7.06. The molecule has 0 saturated heterocycles. The summed E-state index contributed by atoms with van der Waals surface area (Å²) in [6.07, 6.45) is 5.34. The van der Waals surface area contributed by atoms with Gasteiger partial charge in [0.15, 0.2) is 5.78 Å².